The molecule has 9 atom stereocenters. The number of hydrogen-bond acceptors (Lipinski definition) is 10. The third kappa shape index (κ3) is 6.37. The van der Waals surface area contributed by atoms with Gasteiger partial charge in [-0.25, -0.2) is 14.6 Å². The number of nitrogens with one attached hydrogen (secondary N) is 2. The molecule has 13 heteroatoms. The first-order valence-electron chi connectivity index (χ1n) is 13.8. The highest BCUT2D eigenvalue weighted by Crippen LogP contribution is 2.60. The number of thiol groups is 1. The van der Waals surface area contributed by atoms with Crippen molar-refractivity contribution in [3.63, 3.8) is 0 Å². The molecule has 5 fully saturated rings. The molecule has 4 aliphatic heterocycles. The Morgan fingerprint density at radius 2 is 1.82 bits per heavy atom. The highest BCUT2D eigenvalue weighted by Gasteiger charge is 2.69. The molecular formula is C26H40N2O10S. The highest BCUT2D eigenvalue weighted by molar-refractivity contribution is 7.80. The van der Waals surface area contributed by atoms with E-state index in [1.807, 2.05) is 13.8 Å². The molecule has 0 aromatic rings. The lowest BCUT2D eigenvalue weighted by Crippen LogP contribution is -2.70. The zero-order chi connectivity index (χ0) is 28.4. The van der Waals surface area contributed by atoms with E-state index in [1.165, 1.54) is 0 Å². The quantitative estimate of drug-likeness (QED) is 0.125. The van der Waals surface area contributed by atoms with Crippen molar-refractivity contribution in [3.8, 4) is 0 Å². The molecule has 0 aromatic heterocycles. The molecule has 1 aliphatic carbocycles. The third-order valence-electron chi connectivity index (χ3n) is 8.62. The van der Waals surface area contributed by atoms with Crippen LogP contribution in [0.1, 0.15) is 72.1 Å². The zero-order valence-electron chi connectivity index (χ0n) is 22.7. The first kappa shape index (κ1) is 30.0. The second-order valence-corrected chi connectivity index (χ2v) is 11.7. The van der Waals surface area contributed by atoms with Crippen LogP contribution in [0.5, 0.6) is 0 Å². The Morgan fingerprint density at radius 3 is 2.54 bits per heavy atom. The number of rotatable bonds is 11. The predicted octanol–water partition coefficient (Wildman–Crippen LogP) is 1.91. The minimum absolute atomic E-state index is 0.0188. The Balaban J connectivity index is 1.23. The van der Waals surface area contributed by atoms with Gasteiger partial charge in [-0.2, -0.15) is 12.6 Å². The molecule has 3 N–H and O–H groups in total. The van der Waals surface area contributed by atoms with E-state index in [0.717, 1.165) is 19.3 Å². The molecule has 1 saturated carbocycles. The van der Waals surface area contributed by atoms with Crippen LogP contribution in [-0.4, -0.2) is 71.2 Å². The van der Waals surface area contributed by atoms with E-state index in [-0.39, 0.29) is 55.2 Å². The molecule has 2 amide bonds. The van der Waals surface area contributed by atoms with Crippen LogP contribution in [-0.2, 0) is 43.2 Å². The molecule has 220 valence electrons. The fourth-order valence-electron chi connectivity index (χ4n) is 6.43. The zero-order valence-corrected chi connectivity index (χ0v) is 23.6. The van der Waals surface area contributed by atoms with Crippen LogP contribution in [0.3, 0.4) is 0 Å². The molecule has 2 bridgehead atoms. The molecule has 5 aliphatic rings. The summed E-state index contributed by atoms with van der Waals surface area (Å²) in [4.78, 5) is 59.5. The summed E-state index contributed by atoms with van der Waals surface area (Å²) < 4.78 is 18.2. The van der Waals surface area contributed by atoms with E-state index in [9.17, 15) is 19.2 Å². The van der Waals surface area contributed by atoms with Gasteiger partial charge in [0.1, 0.15) is 6.04 Å². The summed E-state index contributed by atoms with van der Waals surface area (Å²) in [6, 6.07) is -1.06. The summed E-state index contributed by atoms with van der Waals surface area (Å²) >= 11 is 3.89. The summed E-state index contributed by atoms with van der Waals surface area (Å²) in [7, 11) is 0. The van der Waals surface area contributed by atoms with Crippen molar-refractivity contribution in [1.29, 1.82) is 0 Å². The molecule has 12 nitrogen and oxygen atoms in total. The van der Waals surface area contributed by atoms with Crippen molar-refractivity contribution < 1.29 is 48.3 Å². The van der Waals surface area contributed by atoms with Gasteiger partial charge in [-0.05, 0) is 44.4 Å². The van der Waals surface area contributed by atoms with Crippen LogP contribution in [0, 0.1) is 23.7 Å². The summed E-state index contributed by atoms with van der Waals surface area (Å²) in [5, 5.41) is 14.0. The van der Waals surface area contributed by atoms with Crippen LogP contribution in [0.2, 0.25) is 0 Å². The average molecular weight is 573 g/mol. The van der Waals surface area contributed by atoms with Gasteiger partial charge < -0.3 is 30.0 Å². The number of esters is 1. The Kier molecular flexibility index (Phi) is 9.47. The predicted molar refractivity (Wildman–Crippen MR) is 138 cm³/mol. The number of amides is 2. The van der Waals surface area contributed by atoms with Gasteiger partial charge in [0, 0.05) is 43.4 Å². The van der Waals surface area contributed by atoms with Crippen LogP contribution in [0.4, 0.5) is 0 Å². The van der Waals surface area contributed by atoms with Crippen molar-refractivity contribution in [2.45, 2.75) is 102 Å². The number of ether oxygens (including phenoxy) is 3. The lowest BCUT2D eigenvalue weighted by Gasteiger charge is -2.59. The lowest BCUT2D eigenvalue weighted by molar-refractivity contribution is -0.576. The number of carbonyl (C=O) groups is 4. The van der Waals surface area contributed by atoms with E-state index in [2.05, 4.69) is 30.2 Å². The topological polar surface area (TPSA) is 159 Å². The molecule has 5 rings (SSSR count). The lowest BCUT2D eigenvalue weighted by atomic mass is 9.58. The Morgan fingerprint density at radius 1 is 1.05 bits per heavy atom. The number of fused-ring (bicyclic) bond motifs is 2. The van der Waals surface area contributed by atoms with Crippen LogP contribution in [0.15, 0.2) is 0 Å². The van der Waals surface area contributed by atoms with E-state index in [4.69, 9.17) is 29.1 Å². The van der Waals surface area contributed by atoms with Gasteiger partial charge in [-0.1, -0.05) is 13.8 Å². The van der Waals surface area contributed by atoms with Crippen molar-refractivity contribution >= 4 is 36.4 Å². The van der Waals surface area contributed by atoms with Crippen LogP contribution >= 0.6 is 12.6 Å². The van der Waals surface area contributed by atoms with Crippen LogP contribution in [0.25, 0.3) is 0 Å². The van der Waals surface area contributed by atoms with Crippen molar-refractivity contribution in [2.24, 2.45) is 23.7 Å². The van der Waals surface area contributed by atoms with Crippen molar-refractivity contribution in [3.05, 3.63) is 0 Å². The number of carboxylic acid groups (broad SMARTS) is 1. The number of carbonyl (C=O) groups excluding carboxylic acids is 3. The van der Waals surface area contributed by atoms with Gasteiger partial charge in [0.2, 0.25) is 23.9 Å². The van der Waals surface area contributed by atoms with Crippen LogP contribution < -0.4 is 10.6 Å². The maximum absolute atomic E-state index is 12.7. The van der Waals surface area contributed by atoms with Gasteiger partial charge in [0.15, 0.2) is 11.9 Å². The molecule has 4 heterocycles. The SMILES string of the molecule is C[C@@H]1[C@H](OC(=O)CCC(=O)NCCCC(=O)N[C@H](CS)C(=O)O)O[C@H]2O[C@@]3(C)CC[C@H]4[C@H](C)CC[C@H]1[C@]24OO3. The number of carboxylic acids is 1. The minimum atomic E-state index is -1.16. The van der Waals surface area contributed by atoms with Gasteiger partial charge in [-0.3, -0.25) is 14.4 Å². The highest BCUT2D eigenvalue weighted by atomic mass is 32.1. The monoisotopic (exact) mass is 572 g/mol. The fourth-order valence-corrected chi connectivity index (χ4v) is 6.68. The molecule has 1 spiro atoms. The molecule has 0 unspecified atom stereocenters. The molecule has 39 heavy (non-hydrogen) atoms. The third-order valence-corrected chi connectivity index (χ3v) is 8.98. The standard InChI is InChI=1S/C26H40N2O10S/c1-14-6-7-17-15(2)23(35-24-26(17)16(14)10-11-25(3,36-24)37-38-26)34-21(31)9-8-19(29)27-12-4-5-20(30)28-18(13-39)22(32)33/h14-18,23-24,39H,4-13H2,1-3H3,(H,27,29)(H,28,30)(H,32,33)/t14-,15+,16+,17-,18-,23-,24+,25-,26+/m1/s1. The second-order valence-electron chi connectivity index (χ2n) is 11.4. The first-order valence-corrected chi connectivity index (χ1v) is 14.4. The number of hydrogen-bond donors (Lipinski definition) is 4. The molecule has 0 radical (unpaired) electrons. The Bertz CT molecular complexity index is 952. The van der Waals surface area contributed by atoms with Gasteiger partial charge in [-0.15, -0.1) is 0 Å². The maximum Gasteiger partial charge on any atom is 0.327 e. The molecule has 0 aromatic carbocycles. The van der Waals surface area contributed by atoms with E-state index in [0.29, 0.717) is 18.8 Å². The van der Waals surface area contributed by atoms with E-state index < -0.39 is 47.9 Å². The van der Waals surface area contributed by atoms with Gasteiger partial charge in [0.05, 0.1) is 6.42 Å². The second kappa shape index (κ2) is 12.3. The van der Waals surface area contributed by atoms with E-state index >= 15 is 0 Å². The van der Waals surface area contributed by atoms with Gasteiger partial charge >= 0.3 is 11.9 Å². The molecule has 4 saturated heterocycles. The average Bonchev–Trinajstić information content (AvgIpc) is 3.12. The summed E-state index contributed by atoms with van der Waals surface area (Å²) in [6.45, 7) is 6.26. The Hall–Kier alpha value is -1.93. The largest absolute Gasteiger partial charge is 0.480 e. The first-order chi connectivity index (χ1) is 18.5. The Labute approximate surface area is 233 Å². The maximum atomic E-state index is 12.7. The summed E-state index contributed by atoms with van der Waals surface area (Å²) in [6.07, 6.45) is 2.13. The normalized spacial score (nSPS) is 37.6. The van der Waals surface area contributed by atoms with E-state index in [1.54, 1.807) is 0 Å². The van der Waals surface area contributed by atoms with Gasteiger partial charge in [0.25, 0.3) is 0 Å². The summed E-state index contributed by atoms with van der Waals surface area (Å²) in [5.41, 5.74) is -0.742. The summed E-state index contributed by atoms with van der Waals surface area (Å²) in [5.74, 6) is -2.93. The molecular weight excluding hydrogens is 532 g/mol. The van der Waals surface area contributed by atoms with Crippen molar-refractivity contribution in [1.82, 2.24) is 10.6 Å². The number of aliphatic carboxylic acids is 1. The minimum Gasteiger partial charge on any atom is -0.480 e. The smallest absolute Gasteiger partial charge is 0.327 e. The fraction of sp³-hybridized carbons (Fsp3) is 0.846. The van der Waals surface area contributed by atoms with Crippen molar-refractivity contribution in [2.75, 3.05) is 12.3 Å².